The zero-order chi connectivity index (χ0) is 19.6. The van der Waals surface area contributed by atoms with Gasteiger partial charge in [0.2, 0.25) is 0 Å². The van der Waals surface area contributed by atoms with Crippen LogP contribution >= 0.6 is 0 Å². The molecule has 0 unspecified atom stereocenters. The van der Waals surface area contributed by atoms with Crippen LogP contribution in [-0.4, -0.2) is 30.0 Å². The van der Waals surface area contributed by atoms with E-state index in [1.54, 1.807) is 0 Å². The van der Waals surface area contributed by atoms with Crippen molar-refractivity contribution >= 4 is 6.09 Å². The van der Waals surface area contributed by atoms with Gasteiger partial charge in [-0.1, -0.05) is 61.9 Å². The standard InChI is InChI=1S/C24H29NO3/c1-2-17-11-13-24(27,14-12-17)16-25-23(26)28-15-22-20-9-5-3-7-18(20)19-8-4-6-10-21(19)22/h3-10,17,22,27H,2,11-16H2,1H3,(H,25,26). The summed E-state index contributed by atoms with van der Waals surface area (Å²) in [7, 11) is 0. The minimum absolute atomic E-state index is 0.0567. The third-order valence-corrected chi connectivity index (χ3v) is 6.52. The van der Waals surface area contributed by atoms with Gasteiger partial charge in [-0.25, -0.2) is 4.79 Å². The van der Waals surface area contributed by atoms with E-state index in [4.69, 9.17) is 4.74 Å². The van der Waals surface area contributed by atoms with Crippen LogP contribution in [0.15, 0.2) is 48.5 Å². The lowest BCUT2D eigenvalue weighted by atomic mass is 9.78. The zero-order valence-electron chi connectivity index (χ0n) is 16.5. The van der Waals surface area contributed by atoms with Crippen molar-refractivity contribution in [2.75, 3.05) is 13.2 Å². The number of benzene rings is 2. The molecular weight excluding hydrogens is 350 g/mol. The van der Waals surface area contributed by atoms with Crippen molar-refractivity contribution in [2.24, 2.45) is 5.92 Å². The Bertz CT molecular complexity index is 794. The number of ether oxygens (including phenoxy) is 1. The molecule has 1 amide bonds. The van der Waals surface area contributed by atoms with E-state index in [0.717, 1.165) is 32.1 Å². The lowest BCUT2D eigenvalue weighted by molar-refractivity contribution is -0.00878. The Labute approximate surface area is 166 Å². The van der Waals surface area contributed by atoms with E-state index in [9.17, 15) is 9.90 Å². The highest BCUT2D eigenvalue weighted by Crippen LogP contribution is 2.44. The lowest BCUT2D eigenvalue weighted by Gasteiger charge is -2.35. The van der Waals surface area contributed by atoms with E-state index in [1.165, 1.54) is 22.3 Å². The summed E-state index contributed by atoms with van der Waals surface area (Å²) in [5.74, 6) is 0.760. The molecule has 148 valence electrons. The molecule has 0 spiro atoms. The quantitative estimate of drug-likeness (QED) is 0.780. The molecule has 4 nitrogen and oxygen atoms in total. The SMILES string of the molecule is CCC1CCC(O)(CNC(=O)OCC2c3ccccc3-c3ccccc32)CC1. The Morgan fingerprint density at radius 1 is 1.07 bits per heavy atom. The maximum Gasteiger partial charge on any atom is 0.407 e. The molecule has 1 fully saturated rings. The predicted molar refractivity (Wildman–Crippen MR) is 110 cm³/mol. The number of rotatable bonds is 5. The maximum atomic E-state index is 12.3. The first kappa shape index (κ1) is 19.0. The number of fused-ring (bicyclic) bond motifs is 3. The van der Waals surface area contributed by atoms with Gasteiger partial charge >= 0.3 is 6.09 Å². The molecule has 0 saturated heterocycles. The maximum absolute atomic E-state index is 12.3. The van der Waals surface area contributed by atoms with Gasteiger partial charge in [-0.05, 0) is 53.9 Å². The second-order valence-corrected chi connectivity index (χ2v) is 8.26. The predicted octanol–water partition coefficient (Wildman–Crippen LogP) is 4.86. The Hall–Kier alpha value is -2.33. The van der Waals surface area contributed by atoms with Gasteiger partial charge in [0.15, 0.2) is 0 Å². The summed E-state index contributed by atoms with van der Waals surface area (Å²) in [5.41, 5.74) is 4.04. The van der Waals surface area contributed by atoms with Crippen molar-refractivity contribution in [3.63, 3.8) is 0 Å². The van der Waals surface area contributed by atoms with E-state index in [1.807, 2.05) is 24.3 Å². The molecule has 2 N–H and O–H groups in total. The normalized spacial score (nSPS) is 23.7. The highest BCUT2D eigenvalue weighted by Gasteiger charge is 2.33. The van der Waals surface area contributed by atoms with Crippen LogP contribution in [0.4, 0.5) is 4.79 Å². The van der Waals surface area contributed by atoms with Gasteiger partial charge in [0.25, 0.3) is 0 Å². The number of hydrogen-bond donors (Lipinski definition) is 2. The van der Waals surface area contributed by atoms with E-state index in [-0.39, 0.29) is 12.5 Å². The molecular formula is C24H29NO3. The fourth-order valence-corrected chi connectivity index (χ4v) is 4.69. The molecule has 4 rings (SSSR count). The van der Waals surface area contributed by atoms with Crippen molar-refractivity contribution in [1.82, 2.24) is 5.32 Å². The molecule has 1 saturated carbocycles. The molecule has 0 aliphatic heterocycles. The summed E-state index contributed by atoms with van der Waals surface area (Å²) in [6.45, 7) is 2.76. The fraction of sp³-hybridized carbons (Fsp3) is 0.458. The Morgan fingerprint density at radius 2 is 1.64 bits per heavy atom. The summed E-state index contributed by atoms with van der Waals surface area (Å²) in [4.78, 5) is 12.3. The molecule has 2 aliphatic rings. The number of amides is 1. The summed E-state index contributed by atoms with van der Waals surface area (Å²) in [6.07, 6.45) is 4.26. The number of nitrogens with one attached hydrogen (secondary N) is 1. The van der Waals surface area contributed by atoms with Gasteiger partial charge in [-0.3, -0.25) is 0 Å². The van der Waals surface area contributed by atoms with Crippen molar-refractivity contribution in [2.45, 2.75) is 50.5 Å². The molecule has 0 aromatic heterocycles. The number of aliphatic hydroxyl groups is 1. The van der Waals surface area contributed by atoms with Crippen molar-refractivity contribution < 1.29 is 14.6 Å². The first-order valence-electron chi connectivity index (χ1n) is 10.4. The van der Waals surface area contributed by atoms with Crippen LogP contribution in [0.2, 0.25) is 0 Å². The number of carbonyl (C=O) groups excluding carboxylic acids is 1. The van der Waals surface area contributed by atoms with Gasteiger partial charge in [0.05, 0.1) is 5.60 Å². The molecule has 0 bridgehead atoms. The highest BCUT2D eigenvalue weighted by molar-refractivity contribution is 5.79. The van der Waals surface area contributed by atoms with Gasteiger partial charge in [-0.2, -0.15) is 0 Å². The lowest BCUT2D eigenvalue weighted by Crippen LogP contribution is -2.45. The largest absolute Gasteiger partial charge is 0.449 e. The van der Waals surface area contributed by atoms with Crippen LogP contribution in [0.5, 0.6) is 0 Å². The molecule has 4 heteroatoms. The first-order valence-corrected chi connectivity index (χ1v) is 10.4. The van der Waals surface area contributed by atoms with Crippen molar-refractivity contribution in [3.05, 3.63) is 59.7 Å². The van der Waals surface area contributed by atoms with Gasteiger partial charge in [-0.15, -0.1) is 0 Å². The Kier molecular flexibility index (Phi) is 5.40. The van der Waals surface area contributed by atoms with Crippen LogP contribution < -0.4 is 5.32 Å². The van der Waals surface area contributed by atoms with Crippen LogP contribution in [0.25, 0.3) is 11.1 Å². The number of hydrogen-bond acceptors (Lipinski definition) is 3. The van der Waals surface area contributed by atoms with Gasteiger partial charge in [0.1, 0.15) is 6.61 Å². The molecule has 2 aromatic carbocycles. The average molecular weight is 380 g/mol. The molecule has 2 aromatic rings. The number of carbonyl (C=O) groups is 1. The van der Waals surface area contributed by atoms with Crippen LogP contribution in [-0.2, 0) is 4.74 Å². The summed E-state index contributed by atoms with van der Waals surface area (Å²) < 4.78 is 5.56. The topological polar surface area (TPSA) is 58.6 Å². The third kappa shape index (κ3) is 3.79. The van der Waals surface area contributed by atoms with E-state index in [0.29, 0.717) is 12.5 Å². The minimum Gasteiger partial charge on any atom is -0.449 e. The van der Waals surface area contributed by atoms with E-state index in [2.05, 4.69) is 36.5 Å². The first-order chi connectivity index (χ1) is 13.6. The monoisotopic (exact) mass is 379 g/mol. The van der Waals surface area contributed by atoms with Crippen LogP contribution in [0.1, 0.15) is 56.1 Å². The van der Waals surface area contributed by atoms with Crippen molar-refractivity contribution in [3.8, 4) is 11.1 Å². The van der Waals surface area contributed by atoms with E-state index < -0.39 is 11.7 Å². The minimum atomic E-state index is -0.794. The number of alkyl carbamates (subject to hydrolysis) is 1. The highest BCUT2D eigenvalue weighted by atomic mass is 16.5. The molecule has 0 heterocycles. The summed E-state index contributed by atoms with van der Waals surface area (Å²) >= 11 is 0. The molecule has 0 radical (unpaired) electrons. The molecule has 0 atom stereocenters. The Balaban J connectivity index is 1.34. The van der Waals surface area contributed by atoms with Crippen LogP contribution in [0, 0.1) is 5.92 Å². The summed E-state index contributed by atoms with van der Waals surface area (Å²) in [6, 6.07) is 16.6. The smallest absolute Gasteiger partial charge is 0.407 e. The molecule has 2 aliphatic carbocycles. The zero-order valence-corrected chi connectivity index (χ0v) is 16.5. The third-order valence-electron chi connectivity index (χ3n) is 6.52. The Morgan fingerprint density at radius 3 is 2.21 bits per heavy atom. The summed E-state index contributed by atoms with van der Waals surface area (Å²) in [5, 5.41) is 13.5. The van der Waals surface area contributed by atoms with E-state index >= 15 is 0 Å². The molecule has 28 heavy (non-hydrogen) atoms. The second-order valence-electron chi connectivity index (χ2n) is 8.26. The average Bonchev–Trinajstić information content (AvgIpc) is 3.05. The van der Waals surface area contributed by atoms with Crippen molar-refractivity contribution in [1.29, 1.82) is 0 Å². The fourth-order valence-electron chi connectivity index (χ4n) is 4.69. The second kappa shape index (κ2) is 7.96. The van der Waals surface area contributed by atoms with Gasteiger partial charge < -0.3 is 15.2 Å². The van der Waals surface area contributed by atoms with Crippen LogP contribution in [0.3, 0.4) is 0 Å². The van der Waals surface area contributed by atoms with Gasteiger partial charge in [0, 0.05) is 12.5 Å².